The van der Waals surface area contributed by atoms with E-state index in [1.807, 2.05) is 6.92 Å². The Morgan fingerprint density at radius 2 is 1.73 bits per heavy atom. The Balaban J connectivity index is 1.80. The number of rotatable bonds is 2. The van der Waals surface area contributed by atoms with Crippen LogP contribution >= 0.6 is 0 Å². The monoisotopic (exact) mass is 295 g/mol. The van der Waals surface area contributed by atoms with Crippen molar-refractivity contribution in [2.75, 3.05) is 5.73 Å². The lowest BCUT2D eigenvalue weighted by Crippen LogP contribution is -2.30. The summed E-state index contributed by atoms with van der Waals surface area (Å²) in [6, 6.07) is 9.50. The second-order valence-electron chi connectivity index (χ2n) is 4.80. The van der Waals surface area contributed by atoms with E-state index in [0.717, 1.165) is 5.82 Å². The normalized spacial score (nSPS) is 10.6. The highest BCUT2D eigenvalue weighted by molar-refractivity contribution is 6.10. The predicted octanol–water partition coefficient (Wildman–Crippen LogP) is 1.19. The molecule has 0 aliphatic rings. The van der Waals surface area contributed by atoms with Gasteiger partial charge < -0.3 is 5.73 Å². The molecule has 0 radical (unpaired) electrons. The fourth-order valence-corrected chi connectivity index (χ4v) is 2.03. The first-order chi connectivity index (χ1) is 10.5. The maximum atomic E-state index is 12.1. The molecule has 0 saturated carbocycles. The average molecular weight is 295 g/mol. The third-order valence-electron chi connectivity index (χ3n) is 3.24. The topological polar surface area (TPSA) is 102 Å². The second-order valence-corrected chi connectivity index (χ2v) is 4.80. The van der Waals surface area contributed by atoms with E-state index in [1.54, 1.807) is 47.0 Å². The predicted molar refractivity (Wildman–Crippen MR) is 80.4 cm³/mol. The number of nitrogens with zero attached hydrogens (tertiary/aromatic N) is 3. The first-order valence-electron chi connectivity index (χ1n) is 6.57. The second kappa shape index (κ2) is 5.28. The highest BCUT2D eigenvalue weighted by Crippen LogP contribution is 2.08. The molecule has 22 heavy (non-hydrogen) atoms. The number of imide groups is 1. The zero-order valence-corrected chi connectivity index (χ0v) is 11.8. The SMILES string of the molecule is Cc1nnc2cc(C(=O)NC(=O)c3ccc(N)cc3)ccn12. The fraction of sp³-hybridized carbons (Fsp3) is 0.0667. The Morgan fingerprint density at radius 1 is 1.05 bits per heavy atom. The Hall–Kier alpha value is -3.22. The van der Waals surface area contributed by atoms with Gasteiger partial charge in [-0.2, -0.15) is 0 Å². The number of nitrogens with two attached hydrogens (primary N) is 1. The van der Waals surface area contributed by atoms with Crippen LogP contribution in [-0.4, -0.2) is 26.4 Å². The number of nitrogens with one attached hydrogen (secondary N) is 1. The highest BCUT2D eigenvalue weighted by atomic mass is 16.2. The van der Waals surface area contributed by atoms with Crippen molar-refractivity contribution < 1.29 is 9.59 Å². The molecule has 0 atom stereocenters. The van der Waals surface area contributed by atoms with E-state index in [9.17, 15) is 9.59 Å². The van der Waals surface area contributed by atoms with Crippen molar-refractivity contribution >= 4 is 23.1 Å². The number of hydrogen-bond acceptors (Lipinski definition) is 5. The summed E-state index contributed by atoms with van der Waals surface area (Å²) >= 11 is 0. The molecule has 7 heteroatoms. The summed E-state index contributed by atoms with van der Waals surface area (Å²) < 4.78 is 1.75. The molecule has 1 aromatic carbocycles. The summed E-state index contributed by atoms with van der Waals surface area (Å²) in [5, 5.41) is 10.2. The van der Waals surface area contributed by atoms with Gasteiger partial charge in [0.1, 0.15) is 5.82 Å². The minimum atomic E-state index is -0.495. The molecule has 2 heterocycles. The molecular formula is C15H13N5O2. The Bertz CT molecular complexity index is 867. The number of aromatic nitrogens is 3. The van der Waals surface area contributed by atoms with Crippen molar-refractivity contribution in [2.45, 2.75) is 6.92 Å². The minimum absolute atomic E-state index is 0.337. The van der Waals surface area contributed by atoms with Gasteiger partial charge in [0.2, 0.25) is 0 Å². The first-order valence-corrected chi connectivity index (χ1v) is 6.57. The maximum absolute atomic E-state index is 12.1. The van der Waals surface area contributed by atoms with Crippen LogP contribution in [0.5, 0.6) is 0 Å². The van der Waals surface area contributed by atoms with Crippen LogP contribution in [0.25, 0.3) is 5.65 Å². The van der Waals surface area contributed by atoms with E-state index in [4.69, 9.17) is 5.73 Å². The first kappa shape index (κ1) is 13.7. The molecule has 0 spiro atoms. The van der Waals surface area contributed by atoms with Crippen LogP contribution in [0, 0.1) is 6.92 Å². The van der Waals surface area contributed by atoms with E-state index in [0.29, 0.717) is 22.5 Å². The maximum Gasteiger partial charge on any atom is 0.258 e. The van der Waals surface area contributed by atoms with Crippen molar-refractivity contribution in [2.24, 2.45) is 0 Å². The molecule has 0 fully saturated rings. The number of hydrogen-bond donors (Lipinski definition) is 2. The summed E-state index contributed by atoms with van der Waals surface area (Å²) in [7, 11) is 0. The van der Waals surface area contributed by atoms with Gasteiger partial charge in [0.25, 0.3) is 11.8 Å². The van der Waals surface area contributed by atoms with Crippen LogP contribution in [0.3, 0.4) is 0 Å². The van der Waals surface area contributed by atoms with Crippen molar-refractivity contribution in [3.05, 3.63) is 59.5 Å². The molecule has 0 bridgehead atoms. The molecule has 110 valence electrons. The van der Waals surface area contributed by atoms with Crippen molar-refractivity contribution in [1.82, 2.24) is 19.9 Å². The molecular weight excluding hydrogens is 282 g/mol. The van der Waals surface area contributed by atoms with Gasteiger partial charge in [-0.3, -0.25) is 19.3 Å². The van der Waals surface area contributed by atoms with Crippen molar-refractivity contribution in [3.63, 3.8) is 0 Å². The average Bonchev–Trinajstić information content (AvgIpc) is 2.88. The molecule has 0 aliphatic heterocycles. The number of benzene rings is 1. The summed E-state index contributed by atoms with van der Waals surface area (Å²) in [6.07, 6.45) is 1.69. The van der Waals surface area contributed by atoms with Gasteiger partial charge in [-0.1, -0.05) is 0 Å². The number of fused-ring (bicyclic) bond motifs is 1. The van der Waals surface area contributed by atoms with Gasteiger partial charge in [0.15, 0.2) is 5.65 Å². The summed E-state index contributed by atoms with van der Waals surface area (Å²) in [5.41, 5.74) is 7.36. The molecule has 3 N–H and O–H groups in total. The molecule has 0 saturated heterocycles. The lowest BCUT2D eigenvalue weighted by atomic mass is 10.2. The Morgan fingerprint density at radius 3 is 2.45 bits per heavy atom. The Kier molecular flexibility index (Phi) is 3.30. The molecule has 7 nitrogen and oxygen atoms in total. The number of nitrogen functional groups attached to an aromatic ring is 1. The van der Waals surface area contributed by atoms with Gasteiger partial charge in [0.05, 0.1) is 0 Å². The smallest absolute Gasteiger partial charge is 0.258 e. The summed E-state index contributed by atoms with van der Waals surface area (Å²) in [4.78, 5) is 24.1. The molecule has 0 aliphatic carbocycles. The van der Waals surface area contributed by atoms with Crippen LogP contribution in [0.1, 0.15) is 26.5 Å². The van der Waals surface area contributed by atoms with Crippen LogP contribution in [0.2, 0.25) is 0 Å². The fourth-order valence-electron chi connectivity index (χ4n) is 2.03. The third-order valence-corrected chi connectivity index (χ3v) is 3.24. The molecule has 0 unspecified atom stereocenters. The van der Waals surface area contributed by atoms with Gasteiger partial charge in [-0.05, 0) is 43.3 Å². The molecule has 2 aromatic heterocycles. The van der Waals surface area contributed by atoms with Crippen LogP contribution < -0.4 is 11.1 Å². The zero-order valence-electron chi connectivity index (χ0n) is 11.8. The van der Waals surface area contributed by atoms with Gasteiger partial charge in [-0.15, -0.1) is 10.2 Å². The van der Waals surface area contributed by atoms with Gasteiger partial charge >= 0.3 is 0 Å². The lowest BCUT2D eigenvalue weighted by molar-refractivity contribution is 0.0849. The molecule has 2 amide bonds. The standard InChI is InChI=1S/C15H13N5O2/c1-9-18-19-13-8-11(6-7-20(9)13)15(22)17-14(21)10-2-4-12(16)5-3-10/h2-8H,16H2,1H3,(H,17,21,22). The number of aryl methyl sites for hydroxylation is 1. The van der Waals surface area contributed by atoms with Crippen molar-refractivity contribution in [1.29, 1.82) is 0 Å². The highest BCUT2D eigenvalue weighted by Gasteiger charge is 2.13. The third kappa shape index (κ3) is 2.51. The number of anilines is 1. The summed E-state index contributed by atoms with van der Waals surface area (Å²) in [5.74, 6) is -0.257. The van der Waals surface area contributed by atoms with Crippen LogP contribution in [-0.2, 0) is 0 Å². The number of amides is 2. The lowest BCUT2D eigenvalue weighted by Gasteiger charge is -2.05. The van der Waals surface area contributed by atoms with E-state index < -0.39 is 11.8 Å². The van der Waals surface area contributed by atoms with Crippen LogP contribution in [0.4, 0.5) is 5.69 Å². The zero-order chi connectivity index (χ0) is 15.7. The molecule has 3 rings (SSSR count). The number of carbonyl (C=O) groups is 2. The number of carbonyl (C=O) groups excluding carboxylic acids is 2. The minimum Gasteiger partial charge on any atom is -0.399 e. The molecule has 3 aromatic rings. The Labute approximate surface area is 125 Å². The number of pyridine rings is 1. The van der Waals surface area contributed by atoms with E-state index in [2.05, 4.69) is 15.5 Å². The van der Waals surface area contributed by atoms with Crippen LogP contribution in [0.15, 0.2) is 42.6 Å². The summed E-state index contributed by atoms with van der Waals surface area (Å²) in [6.45, 7) is 1.81. The van der Waals surface area contributed by atoms with Crippen molar-refractivity contribution in [3.8, 4) is 0 Å². The van der Waals surface area contributed by atoms with Gasteiger partial charge in [-0.25, -0.2) is 0 Å². The van der Waals surface area contributed by atoms with E-state index in [-0.39, 0.29) is 0 Å². The largest absolute Gasteiger partial charge is 0.399 e. The van der Waals surface area contributed by atoms with Gasteiger partial charge in [0, 0.05) is 23.0 Å². The van der Waals surface area contributed by atoms with E-state index in [1.165, 1.54) is 0 Å². The quantitative estimate of drug-likeness (QED) is 0.546. The van der Waals surface area contributed by atoms with E-state index >= 15 is 0 Å².